The maximum atomic E-state index is 13.6. The summed E-state index contributed by atoms with van der Waals surface area (Å²) in [5.41, 5.74) is -0.891. The molecule has 1 fully saturated rings. The lowest BCUT2D eigenvalue weighted by Crippen LogP contribution is -2.49. The lowest BCUT2D eigenvalue weighted by molar-refractivity contribution is -0.141. The molecule has 7 nitrogen and oxygen atoms in total. The highest BCUT2D eigenvalue weighted by atomic mass is 19.4. The molecule has 1 saturated heterocycles. The molecule has 2 aromatic rings. The Morgan fingerprint density at radius 3 is 2.40 bits per heavy atom. The van der Waals surface area contributed by atoms with E-state index in [2.05, 4.69) is 15.3 Å². The van der Waals surface area contributed by atoms with Gasteiger partial charge < -0.3 is 15.1 Å². The van der Waals surface area contributed by atoms with E-state index >= 15 is 0 Å². The highest BCUT2D eigenvalue weighted by molar-refractivity contribution is 5.92. The first-order valence-electron chi connectivity index (χ1n) is 9.29. The van der Waals surface area contributed by atoms with E-state index in [1.165, 1.54) is 23.1 Å². The first-order valence-corrected chi connectivity index (χ1v) is 9.29. The van der Waals surface area contributed by atoms with Crippen LogP contribution in [-0.2, 0) is 11.0 Å². The van der Waals surface area contributed by atoms with Crippen LogP contribution < -0.4 is 15.1 Å². The highest BCUT2D eigenvalue weighted by Gasteiger charge is 2.35. The van der Waals surface area contributed by atoms with Gasteiger partial charge in [-0.3, -0.25) is 9.69 Å². The van der Waals surface area contributed by atoms with Gasteiger partial charge in [-0.2, -0.15) is 18.2 Å². The predicted octanol–water partition coefficient (Wildman–Crippen LogP) is 2.46. The van der Waals surface area contributed by atoms with Gasteiger partial charge in [0.15, 0.2) is 5.69 Å². The average molecular weight is 426 g/mol. The van der Waals surface area contributed by atoms with Crippen LogP contribution in [0.25, 0.3) is 0 Å². The predicted molar refractivity (Wildman–Crippen MR) is 105 cm³/mol. The summed E-state index contributed by atoms with van der Waals surface area (Å²) in [7, 11) is 3.22. The molecule has 1 aliphatic rings. The Kier molecular flexibility index (Phi) is 6.40. The molecule has 1 N–H and O–H groups in total. The van der Waals surface area contributed by atoms with Gasteiger partial charge >= 0.3 is 6.18 Å². The van der Waals surface area contributed by atoms with Crippen LogP contribution in [0.3, 0.4) is 0 Å². The lowest BCUT2D eigenvalue weighted by atomic mass is 10.3. The van der Waals surface area contributed by atoms with Gasteiger partial charge in [-0.1, -0.05) is 12.1 Å². The smallest absolute Gasteiger partial charge is 0.363 e. The minimum absolute atomic E-state index is 0.00369. The van der Waals surface area contributed by atoms with Crippen LogP contribution >= 0.6 is 0 Å². The fraction of sp³-hybridized carbons (Fsp3) is 0.421. The van der Waals surface area contributed by atoms with Crippen LogP contribution in [0, 0.1) is 5.82 Å². The van der Waals surface area contributed by atoms with Gasteiger partial charge in [-0.25, -0.2) is 9.37 Å². The SMILES string of the molecule is CN(C)c1cc(C(F)(F)F)nc(N2CCN(CC(=O)Nc3ccccc3F)CC2)n1. The number of carbonyl (C=O) groups is 1. The number of benzene rings is 1. The number of hydrogen-bond acceptors (Lipinski definition) is 6. The van der Waals surface area contributed by atoms with Crippen molar-refractivity contribution in [2.75, 3.05) is 61.9 Å². The number of hydrogen-bond donors (Lipinski definition) is 1. The highest BCUT2D eigenvalue weighted by Crippen LogP contribution is 2.31. The van der Waals surface area contributed by atoms with Crippen LogP contribution in [0.2, 0.25) is 0 Å². The van der Waals surface area contributed by atoms with Crippen LogP contribution in [0.15, 0.2) is 30.3 Å². The molecule has 11 heteroatoms. The molecule has 0 bridgehead atoms. The van der Waals surface area contributed by atoms with Gasteiger partial charge in [0.2, 0.25) is 11.9 Å². The molecular weight excluding hydrogens is 404 g/mol. The van der Waals surface area contributed by atoms with E-state index in [1.807, 2.05) is 4.90 Å². The van der Waals surface area contributed by atoms with Crippen LogP contribution in [-0.4, -0.2) is 67.6 Å². The zero-order valence-electron chi connectivity index (χ0n) is 16.6. The Morgan fingerprint density at radius 1 is 1.13 bits per heavy atom. The summed E-state index contributed by atoms with van der Waals surface area (Å²) < 4.78 is 53.2. The average Bonchev–Trinajstić information content (AvgIpc) is 2.69. The van der Waals surface area contributed by atoms with E-state index < -0.39 is 17.7 Å². The van der Waals surface area contributed by atoms with Gasteiger partial charge in [0.25, 0.3) is 0 Å². The first-order chi connectivity index (χ1) is 14.1. The summed E-state index contributed by atoms with van der Waals surface area (Å²) in [6, 6.07) is 6.78. The topological polar surface area (TPSA) is 64.6 Å². The standard InChI is InChI=1S/C19H22F4N6O/c1-27(2)16-11-15(19(21,22)23)25-18(26-16)29-9-7-28(8-10-29)12-17(30)24-14-6-4-3-5-13(14)20/h3-6,11H,7-10,12H2,1-2H3,(H,24,30). The quantitative estimate of drug-likeness (QED) is 0.742. The third-order valence-corrected chi connectivity index (χ3v) is 4.62. The largest absolute Gasteiger partial charge is 0.433 e. The third-order valence-electron chi connectivity index (χ3n) is 4.62. The Hall–Kier alpha value is -2.95. The summed E-state index contributed by atoms with van der Waals surface area (Å²) in [5.74, 6) is -0.712. The fourth-order valence-electron chi connectivity index (χ4n) is 3.00. The molecule has 0 atom stereocenters. The number of para-hydroxylation sites is 1. The molecule has 0 aliphatic carbocycles. The molecule has 0 saturated carbocycles. The van der Waals surface area contributed by atoms with Crippen LogP contribution in [0.5, 0.6) is 0 Å². The van der Waals surface area contributed by atoms with Crippen molar-refractivity contribution in [2.24, 2.45) is 0 Å². The number of amides is 1. The Labute approximate surface area is 171 Å². The van der Waals surface area contributed by atoms with Gasteiger partial charge in [0.05, 0.1) is 12.2 Å². The van der Waals surface area contributed by atoms with Crippen molar-refractivity contribution < 1.29 is 22.4 Å². The molecular formula is C19H22F4N6O. The van der Waals surface area contributed by atoms with E-state index in [-0.39, 0.29) is 29.9 Å². The molecule has 30 heavy (non-hydrogen) atoms. The number of halogens is 4. The second-order valence-corrected chi connectivity index (χ2v) is 7.09. The van der Waals surface area contributed by atoms with Crippen molar-refractivity contribution in [1.82, 2.24) is 14.9 Å². The van der Waals surface area contributed by atoms with Crippen molar-refractivity contribution in [3.05, 3.63) is 41.8 Å². The number of aromatic nitrogens is 2. The van der Waals surface area contributed by atoms with Crippen molar-refractivity contribution in [3.63, 3.8) is 0 Å². The number of rotatable bonds is 5. The fourth-order valence-corrected chi connectivity index (χ4v) is 3.00. The first kappa shape index (κ1) is 21.8. The molecule has 1 amide bonds. The maximum Gasteiger partial charge on any atom is 0.433 e. The van der Waals surface area contributed by atoms with E-state index in [1.54, 1.807) is 25.1 Å². The summed E-state index contributed by atoms with van der Waals surface area (Å²) in [5, 5.41) is 2.52. The Morgan fingerprint density at radius 2 is 1.80 bits per heavy atom. The molecule has 1 aromatic heterocycles. The van der Waals surface area contributed by atoms with Crippen molar-refractivity contribution in [2.45, 2.75) is 6.18 Å². The monoisotopic (exact) mass is 426 g/mol. The van der Waals surface area contributed by atoms with Crippen LogP contribution in [0.1, 0.15) is 5.69 Å². The van der Waals surface area contributed by atoms with Crippen molar-refractivity contribution in [1.29, 1.82) is 0 Å². The van der Waals surface area contributed by atoms with E-state index in [4.69, 9.17) is 0 Å². The number of nitrogens with zero attached hydrogens (tertiary/aromatic N) is 5. The van der Waals surface area contributed by atoms with Gasteiger partial charge in [0, 0.05) is 46.3 Å². The summed E-state index contributed by atoms with van der Waals surface area (Å²) in [6.07, 6.45) is -4.57. The molecule has 162 valence electrons. The summed E-state index contributed by atoms with van der Waals surface area (Å²) in [4.78, 5) is 25.1. The molecule has 0 spiro atoms. The maximum absolute atomic E-state index is 13.6. The minimum Gasteiger partial charge on any atom is -0.363 e. The zero-order chi connectivity index (χ0) is 21.9. The molecule has 0 unspecified atom stereocenters. The van der Waals surface area contributed by atoms with Crippen molar-refractivity contribution >= 4 is 23.4 Å². The van der Waals surface area contributed by atoms with Gasteiger partial charge in [-0.05, 0) is 12.1 Å². The van der Waals surface area contributed by atoms with Crippen molar-refractivity contribution in [3.8, 4) is 0 Å². The summed E-state index contributed by atoms with van der Waals surface area (Å²) >= 11 is 0. The number of piperazine rings is 1. The van der Waals surface area contributed by atoms with E-state index in [0.717, 1.165) is 6.07 Å². The van der Waals surface area contributed by atoms with E-state index in [0.29, 0.717) is 26.2 Å². The molecule has 1 aliphatic heterocycles. The number of alkyl halides is 3. The number of anilines is 3. The van der Waals surface area contributed by atoms with Gasteiger partial charge in [-0.15, -0.1) is 0 Å². The number of nitrogens with one attached hydrogen (secondary N) is 1. The Balaban J connectivity index is 1.62. The molecule has 0 radical (unpaired) electrons. The van der Waals surface area contributed by atoms with E-state index in [9.17, 15) is 22.4 Å². The molecule has 2 heterocycles. The minimum atomic E-state index is -4.57. The molecule has 1 aromatic carbocycles. The van der Waals surface area contributed by atoms with Crippen LogP contribution in [0.4, 0.5) is 35.0 Å². The number of carbonyl (C=O) groups excluding carboxylic acids is 1. The summed E-state index contributed by atoms with van der Waals surface area (Å²) in [6.45, 7) is 1.64. The third kappa shape index (κ3) is 5.35. The Bertz CT molecular complexity index is 897. The second-order valence-electron chi connectivity index (χ2n) is 7.09. The zero-order valence-corrected chi connectivity index (χ0v) is 16.6. The molecule has 3 rings (SSSR count). The lowest BCUT2D eigenvalue weighted by Gasteiger charge is -2.34. The second kappa shape index (κ2) is 8.82. The van der Waals surface area contributed by atoms with Gasteiger partial charge in [0.1, 0.15) is 11.6 Å². The normalized spacial score (nSPS) is 15.2.